The van der Waals surface area contributed by atoms with E-state index in [0.29, 0.717) is 12.2 Å². The zero-order valence-corrected chi connectivity index (χ0v) is 21.4. The number of nitrogens with zero attached hydrogens (tertiary/aromatic N) is 1. The minimum absolute atomic E-state index is 0.151. The lowest BCUT2D eigenvalue weighted by molar-refractivity contribution is -0.143. The van der Waals surface area contributed by atoms with Gasteiger partial charge in [0, 0.05) is 12.6 Å². The van der Waals surface area contributed by atoms with Crippen molar-refractivity contribution >= 4 is 38.5 Å². The van der Waals surface area contributed by atoms with Gasteiger partial charge in [-0.3, -0.25) is 9.59 Å². The molecule has 5 nitrogen and oxygen atoms in total. The molecule has 0 aliphatic heterocycles. The number of amides is 2. The molecule has 2 amide bonds. The van der Waals surface area contributed by atoms with Crippen molar-refractivity contribution in [2.75, 3.05) is 6.61 Å². The summed E-state index contributed by atoms with van der Waals surface area (Å²) >= 11 is 3.59. The molecule has 0 unspecified atom stereocenters. The molecule has 4 rings (SSSR count). The number of carbonyl (C=O) groups excluding carboxylic acids is 2. The first kappa shape index (κ1) is 25.2. The Morgan fingerprint density at radius 1 is 1.09 bits per heavy atom. The fraction of sp³-hybridized carbons (Fsp3) is 0.357. The van der Waals surface area contributed by atoms with E-state index < -0.39 is 6.04 Å². The first-order chi connectivity index (χ1) is 17.0. The molecule has 3 aromatic carbocycles. The standard InChI is InChI=1S/C28H30BrFN2O3/c1-2-24(28(34)31-22-8-4-5-9-22)32(17-19-11-14-21(30)15-12-19)26(33)18-35-25-16-13-20-7-3-6-10-23(20)27(25)29/h3,6-7,10-16,22,24H,2,4-5,8-9,17-18H2,1H3,(H,31,34)/t24-/m1/s1. The molecule has 1 fully saturated rings. The normalized spacial score (nSPS) is 14.6. The van der Waals surface area contributed by atoms with Gasteiger partial charge in [0.2, 0.25) is 5.91 Å². The molecule has 35 heavy (non-hydrogen) atoms. The van der Waals surface area contributed by atoms with Crippen molar-refractivity contribution in [2.45, 2.75) is 57.7 Å². The monoisotopic (exact) mass is 540 g/mol. The summed E-state index contributed by atoms with van der Waals surface area (Å²) in [5, 5.41) is 5.17. The molecule has 0 bridgehead atoms. The molecular formula is C28H30BrFN2O3. The Labute approximate surface area is 213 Å². The van der Waals surface area contributed by atoms with E-state index in [2.05, 4.69) is 21.2 Å². The molecular weight excluding hydrogens is 511 g/mol. The average molecular weight is 541 g/mol. The largest absolute Gasteiger partial charge is 0.483 e. The second-order valence-corrected chi connectivity index (χ2v) is 9.74. The fourth-order valence-corrected chi connectivity index (χ4v) is 5.23. The van der Waals surface area contributed by atoms with Gasteiger partial charge >= 0.3 is 0 Å². The second-order valence-electron chi connectivity index (χ2n) is 8.95. The molecule has 1 N–H and O–H groups in total. The molecule has 0 saturated heterocycles. The highest BCUT2D eigenvalue weighted by atomic mass is 79.9. The van der Waals surface area contributed by atoms with E-state index in [4.69, 9.17) is 4.74 Å². The van der Waals surface area contributed by atoms with Crippen LogP contribution in [0, 0.1) is 5.82 Å². The Morgan fingerprint density at radius 3 is 2.51 bits per heavy atom. The Morgan fingerprint density at radius 2 is 1.80 bits per heavy atom. The van der Waals surface area contributed by atoms with Gasteiger partial charge in [-0.25, -0.2) is 4.39 Å². The molecule has 1 aliphatic rings. The zero-order chi connectivity index (χ0) is 24.8. The summed E-state index contributed by atoms with van der Waals surface area (Å²) in [5.41, 5.74) is 0.749. The maximum absolute atomic E-state index is 13.5. The lowest BCUT2D eigenvalue weighted by Gasteiger charge is -2.31. The molecule has 0 spiro atoms. The summed E-state index contributed by atoms with van der Waals surface area (Å²) in [6, 6.07) is 17.2. The smallest absolute Gasteiger partial charge is 0.261 e. The molecule has 0 aromatic heterocycles. The number of halogens is 2. The highest BCUT2D eigenvalue weighted by Crippen LogP contribution is 2.33. The summed E-state index contributed by atoms with van der Waals surface area (Å²) in [6.07, 6.45) is 4.61. The third-order valence-electron chi connectivity index (χ3n) is 6.53. The van der Waals surface area contributed by atoms with E-state index >= 15 is 0 Å². The summed E-state index contributed by atoms with van der Waals surface area (Å²) < 4.78 is 20.2. The molecule has 3 aromatic rings. The van der Waals surface area contributed by atoms with Crippen molar-refractivity contribution in [2.24, 2.45) is 0 Å². The van der Waals surface area contributed by atoms with Crippen molar-refractivity contribution in [3.05, 3.63) is 76.5 Å². The first-order valence-electron chi connectivity index (χ1n) is 12.1. The SMILES string of the molecule is CC[C@H](C(=O)NC1CCCC1)N(Cc1ccc(F)cc1)C(=O)COc1ccc2ccccc2c1Br. The number of nitrogens with one attached hydrogen (secondary N) is 1. The second kappa shape index (κ2) is 11.7. The number of hydrogen-bond acceptors (Lipinski definition) is 3. The van der Waals surface area contributed by atoms with Crippen LogP contribution in [-0.2, 0) is 16.1 Å². The number of benzene rings is 3. The van der Waals surface area contributed by atoms with E-state index in [1.165, 1.54) is 12.1 Å². The number of ether oxygens (including phenoxy) is 1. The quantitative estimate of drug-likeness (QED) is 0.362. The van der Waals surface area contributed by atoms with Crippen molar-refractivity contribution in [1.29, 1.82) is 0 Å². The number of rotatable bonds is 9. The van der Waals surface area contributed by atoms with Crippen LogP contribution in [0.3, 0.4) is 0 Å². The molecule has 1 atom stereocenters. The average Bonchev–Trinajstić information content (AvgIpc) is 3.37. The van der Waals surface area contributed by atoms with Gasteiger partial charge in [-0.05, 0) is 69.7 Å². The lowest BCUT2D eigenvalue weighted by Crippen LogP contribution is -2.52. The van der Waals surface area contributed by atoms with Gasteiger partial charge in [0.1, 0.15) is 17.6 Å². The van der Waals surface area contributed by atoms with Crippen LogP contribution in [0.1, 0.15) is 44.6 Å². The number of carbonyl (C=O) groups is 2. The minimum Gasteiger partial charge on any atom is -0.483 e. The molecule has 7 heteroatoms. The topological polar surface area (TPSA) is 58.6 Å². The Bertz CT molecular complexity index is 1180. The summed E-state index contributed by atoms with van der Waals surface area (Å²) in [7, 11) is 0. The molecule has 1 aliphatic carbocycles. The van der Waals surface area contributed by atoms with E-state index in [0.717, 1.165) is 46.5 Å². The maximum Gasteiger partial charge on any atom is 0.261 e. The highest BCUT2D eigenvalue weighted by molar-refractivity contribution is 9.10. The van der Waals surface area contributed by atoms with E-state index in [1.807, 2.05) is 43.3 Å². The Hall–Kier alpha value is -2.93. The van der Waals surface area contributed by atoms with Crippen LogP contribution in [0.2, 0.25) is 0 Å². The van der Waals surface area contributed by atoms with Crippen LogP contribution in [0.25, 0.3) is 10.8 Å². The fourth-order valence-electron chi connectivity index (χ4n) is 4.62. The van der Waals surface area contributed by atoms with Crippen LogP contribution >= 0.6 is 15.9 Å². The van der Waals surface area contributed by atoms with Gasteiger partial charge in [0.05, 0.1) is 4.47 Å². The Balaban J connectivity index is 1.53. The van der Waals surface area contributed by atoms with Gasteiger partial charge in [0.25, 0.3) is 5.91 Å². The highest BCUT2D eigenvalue weighted by Gasteiger charge is 2.31. The predicted molar refractivity (Wildman–Crippen MR) is 139 cm³/mol. The van der Waals surface area contributed by atoms with Gasteiger partial charge in [-0.1, -0.05) is 62.2 Å². The van der Waals surface area contributed by atoms with E-state index in [1.54, 1.807) is 17.0 Å². The van der Waals surface area contributed by atoms with Gasteiger partial charge in [0.15, 0.2) is 6.61 Å². The third kappa shape index (κ3) is 6.20. The number of fused-ring (bicyclic) bond motifs is 1. The van der Waals surface area contributed by atoms with Gasteiger partial charge in [-0.2, -0.15) is 0 Å². The van der Waals surface area contributed by atoms with Crippen LogP contribution in [0.4, 0.5) is 4.39 Å². The van der Waals surface area contributed by atoms with Crippen molar-refractivity contribution < 1.29 is 18.7 Å². The summed E-state index contributed by atoms with van der Waals surface area (Å²) in [6.45, 7) is 1.87. The van der Waals surface area contributed by atoms with Gasteiger partial charge in [-0.15, -0.1) is 0 Å². The van der Waals surface area contributed by atoms with Crippen LogP contribution < -0.4 is 10.1 Å². The maximum atomic E-state index is 13.5. The van der Waals surface area contributed by atoms with Crippen molar-refractivity contribution in [3.63, 3.8) is 0 Å². The first-order valence-corrected chi connectivity index (χ1v) is 12.9. The van der Waals surface area contributed by atoms with Crippen molar-refractivity contribution in [1.82, 2.24) is 10.2 Å². The third-order valence-corrected chi connectivity index (χ3v) is 7.35. The van der Waals surface area contributed by atoms with E-state index in [-0.39, 0.29) is 36.8 Å². The number of hydrogen-bond donors (Lipinski definition) is 1. The lowest BCUT2D eigenvalue weighted by atomic mass is 10.1. The summed E-state index contributed by atoms with van der Waals surface area (Å²) in [4.78, 5) is 28.2. The van der Waals surface area contributed by atoms with Gasteiger partial charge < -0.3 is 15.0 Å². The summed E-state index contributed by atoms with van der Waals surface area (Å²) in [5.74, 6) is -0.242. The van der Waals surface area contributed by atoms with Crippen LogP contribution in [-0.4, -0.2) is 35.4 Å². The minimum atomic E-state index is -0.642. The Kier molecular flexibility index (Phi) is 8.39. The predicted octanol–water partition coefficient (Wildman–Crippen LogP) is 5.99. The molecule has 0 radical (unpaired) electrons. The zero-order valence-electron chi connectivity index (χ0n) is 19.8. The van der Waals surface area contributed by atoms with Crippen LogP contribution in [0.15, 0.2) is 65.1 Å². The molecule has 0 heterocycles. The van der Waals surface area contributed by atoms with Crippen molar-refractivity contribution in [3.8, 4) is 5.75 Å². The van der Waals surface area contributed by atoms with Crippen LogP contribution in [0.5, 0.6) is 5.75 Å². The molecule has 1 saturated carbocycles. The van der Waals surface area contributed by atoms with E-state index in [9.17, 15) is 14.0 Å². The molecule has 184 valence electrons.